The second kappa shape index (κ2) is 6.57. The molecule has 0 bridgehead atoms. The van der Waals surface area contributed by atoms with Crippen LogP contribution in [0.4, 0.5) is 0 Å². The van der Waals surface area contributed by atoms with Crippen LogP contribution in [0.1, 0.15) is 78.4 Å². The zero-order valence-electron chi connectivity index (χ0n) is 15.1. The molecule has 1 aromatic carbocycles. The minimum atomic E-state index is -0.143. The first-order valence-corrected chi connectivity index (χ1v) is 9.46. The molecule has 124 valence electrons. The fraction of sp³-hybridized carbons (Fsp3) is 0.700. The Bertz CT molecular complexity index is 475. The quantitative estimate of drug-likeness (QED) is 0.756. The molecule has 1 N–H and O–H groups in total. The summed E-state index contributed by atoms with van der Waals surface area (Å²) >= 11 is 1.88. The van der Waals surface area contributed by atoms with Gasteiger partial charge < -0.3 is 5.11 Å². The first-order chi connectivity index (χ1) is 10.1. The molecule has 2 unspecified atom stereocenters. The molecule has 2 heteroatoms. The van der Waals surface area contributed by atoms with Crippen molar-refractivity contribution in [3.63, 3.8) is 0 Å². The third-order valence-corrected chi connectivity index (χ3v) is 5.95. The van der Waals surface area contributed by atoms with Crippen LogP contribution in [0.3, 0.4) is 0 Å². The van der Waals surface area contributed by atoms with Crippen LogP contribution in [0.5, 0.6) is 0 Å². The van der Waals surface area contributed by atoms with Crippen molar-refractivity contribution in [3.05, 3.63) is 29.3 Å². The van der Waals surface area contributed by atoms with Crippen molar-refractivity contribution in [1.29, 1.82) is 0 Å². The Morgan fingerprint density at radius 3 is 1.82 bits per heavy atom. The van der Waals surface area contributed by atoms with E-state index < -0.39 is 0 Å². The highest BCUT2D eigenvalue weighted by Crippen LogP contribution is 2.38. The van der Waals surface area contributed by atoms with Crippen LogP contribution in [0.15, 0.2) is 23.1 Å². The van der Waals surface area contributed by atoms with Crippen molar-refractivity contribution in [1.82, 2.24) is 0 Å². The molecule has 1 nitrogen and oxygen atoms in total. The van der Waals surface area contributed by atoms with Crippen molar-refractivity contribution in [2.24, 2.45) is 0 Å². The van der Waals surface area contributed by atoms with Gasteiger partial charge in [0.2, 0.25) is 0 Å². The predicted molar refractivity (Wildman–Crippen MR) is 98.0 cm³/mol. The number of rotatable bonds is 2. The summed E-state index contributed by atoms with van der Waals surface area (Å²) in [6, 6.07) is 7.03. The average molecular weight is 321 g/mol. The first kappa shape index (κ1) is 17.9. The molecule has 0 radical (unpaired) electrons. The molecule has 1 aromatic rings. The molecule has 0 amide bonds. The highest BCUT2D eigenvalue weighted by molar-refractivity contribution is 8.00. The first-order valence-electron chi connectivity index (χ1n) is 8.58. The van der Waals surface area contributed by atoms with Crippen LogP contribution in [-0.2, 0) is 10.8 Å². The highest BCUT2D eigenvalue weighted by atomic mass is 32.2. The van der Waals surface area contributed by atoms with Crippen molar-refractivity contribution in [2.45, 2.75) is 94.3 Å². The van der Waals surface area contributed by atoms with Gasteiger partial charge in [0.15, 0.2) is 0 Å². The van der Waals surface area contributed by atoms with Gasteiger partial charge in [0.05, 0.1) is 6.10 Å². The summed E-state index contributed by atoms with van der Waals surface area (Å²) in [5, 5.41) is 10.6. The van der Waals surface area contributed by atoms with Crippen LogP contribution in [0.25, 0.3) is 0 Å². The van der Waals surface area contributed by atoms with Gasteiger partial charge in [-0.15, -0.1) is 11.8 Å². The fourth-order valence-electron chi connectivity index (χ4n) is 2.92. The van der Waals surface area contributed by atoms with Gasteiger partial charge in [0, 0.05) is 10.1 Å². The van der Waals surface area contributed by atoms with Crippen molar-refractivity contribution < 1.29 is 5.11 Å². The predicted octanol–water partition coefficient (Wildman–Crippen LogP) is 5.68. The molecular formula is C20H32OS. The summed E-state index contributed by atoms with van der Waals surface area (Å²) in [5.74, 6) is 0. The van der Waals surface area contributed by atoms with E-state index in [0.717, 1.165) is 12.8 Å². The third kappa shape index (κ3) is 4.52. The number of hydrogen-bond acceptors (Lipinski definition) is 2. The molecule has 1 saturated carbocycles. The van der Waals surface area contributed by atoms with E-state index in [-0.39, 0.29) is 16.9 Å². The van der Waals surface area contributed by atoms with Crippen LogP contribution in [-0.4, -0.2) is 16.5 Å². The molecule has 22 heavy (non-hydrogen) atoms. The number of hydrogen-bond donors (Lipinski definition) is 1. The minimum Gasteiger partial charge on any atom is -0.392 e. The van der Waals surface area contributed by atoms with Crippen molar-refractivity contribution >= 4 is 11.8 Å². The topological polar surface area (TPSA) is 20.2 Å². The van der Waals surface area contributed by atoms with Crippen LogP contribution in [0.2, 0.25) is 0 Å². The molecule has 0 saturated heterocycles. The SMILES string of the molecule is CC(C)(C)c1cc(SC2CCCCC2O)cc(C(C)(C)C)c1. The van der Waals surface area contributed by atoms with E-state index in [9.17, 15) is 5.11 Å². The largest absolute Gasteiger partial charge is 0.392 e. The second-order valence-electron chi connectivity index (χ2n) is 8.75. The van der Waals surface area contributed by atoms with Crippen LogP contribution >= 0.6 is 11.8 Å². The highest BCUT2D eigenvalue weighted by Gasteiger charge is 2.26. The monoisotopic (exact) mass is 320 g/mol. The van der Waals surface area contributed by atoms with Gasteiger partial charge in [-0.25, -0.2) is 0 Å². The second-order valence-corrected chi connectivity index (χ2v) is 10.1. The molecule has 2 rings (SSSR count). The summed E-state index contributed by atoms with van der Waals surface area (Å²) in [7, 11) is 0. The van der Waals surface area contributed by atoms with Gasteiger partial charge in [-0.1, -0.05) is 60.5 Å². The number of thioether (sulfide) groups is 1. The van der Waals surface area contributed by atoms with E-state index in [1.807, 2.05) is 11.8 Å². The van der Waals surface area contributed by atoms with Gasteiger partial charge in [-0.3, -0.25) is 0 Å². The normalized spacial score (nSPS) is 23.6. The number of aliphatic hydroxyl groups is 1. The third-order valence-electron chi connectivity index (χ3n) is 4.59. The van der Waals surface area contributed by atoms with E-state index >= 15 is 0 Å². The minimum absolute atomic E-state index is 0.143. The lowest BCUT2D eigenvalue weighted by Gasteiger charge is -2.29. The smallest absolute Gasteiger partial charge is 0.0662 e. The lowest BCUT2D eigenvalue weighted by atomic mass is 9.81. The van der Waals surface area contributed by atoms with Crippen molar-refractivity contribution in [3.8, 4) is 0 Å². The molecule has 2 atom stereocenters. The molecular weight excluding hydrogens is 288 g/mol. The molecule has 0 spiro atoms. The van der Waals surface area contributed by atoms with E-state index in [1.165, 1.54) is 28.9 Å². The Morgan fingerprint density at radius 2 is 1.36 bits per heavy atom. The Kier molecular flexibility index (Phi) is 5.34. The van der Waals surface area contributed by atoms with Gasteiger partial charge in [0.1, 0.15) is 0 Å². The number of aliphatic hydroxyl groups excluding tert-OH is 1. The molecule has 1 aliphatic carbocycles. The van der Waals surface area contributed by atoms with Crippen LogP contribution in [0, 0.1) is 0 Å². The molecule has 1 aliphatic rings. The lowest BCUT2D eigenvalue weighted by Crippen LogP contribution is -2.26. The van der Waals surface area contributed by atoms with Gasteiger partial charge in [-0.2, -0.15) is 0 Å². The van der Waals surface area contributed by atoms with Crippen molar-refractivity contribution in [2.75, 3.05) is 0 Å². The van der Waals surface area contributed by atoms with E-state index in [2.05, 4.69) is 59.7 Å². The van der Waals surface area contributed by atoms with E-state index in [0.29, 0.717) is 5.25 Å². The standard InChI is InChI=1S/C20H32OS/c1-19(2,3)14-11-15(20(4,5)6)13-16(12-14)22-18-10-8-7-9-17(18)21/h11-13,17-18,21H,7-10H2,1-6H3. The Balaban J connectivity index is 2.33. The maximum absolute atomic E-state index is 10.3. The summed E-state index contributed by atoms with van der Waals surface area (Å²) in [4.78, 5) is 1.32. The molecule has 0 heterocycles. The molecule has 1 fully saturated rings. The van der Waals surface area contributed by atoms with Gasteiger partial charge in [0.25, 0.3) is 0 Å². The Morgan fingerprint density at radius 1 is 0.864 bits per heavy atom. The summed E-state index contributed by atoms with van der Waals surface area (Å²) < 4.78 is 0. The summed E-state index contributed by atoms with van der Waals surface area (Å²) in [6.07, 6.45) is 4.38. The molecule has 0 aromatic heterocycles. The fourth-order valence-corrected chi connectivity index (χ4v) is 4.24. The maximum atomic E-state index is 10.3. The maximum Gasteiger partial charge on any atom is 0.0662 e. The van der Waals surface area contributed by atoms with Crippen LogP contribution < -0.4 is 0 Å². The van der Waals surface area contributed by atoms with Gasteiger partial charge in [-0.05, 0) is 46.9 Å². The molecule has 0 aliphatic heterocycles. The summed E-state index contributed by atoms with van der Waals surface area (Å²) in [6.45, 7) is 13.7. The zero-order valence-corrected chi connectivity index (χ0v) is 15.9. The van der Waals surface area contributed by atoms with E-state index in [1.54, 1.807) is 0 Å². The number of benzene rings is 1. The van der Waals surface area contributed by atoms with Gasteiger partial charge >= 0.3 is 0 Å². The summed E-state index contributed by atoms with van der Waals surface area (Å²) in [5.41, 5.74) is 3.10. The lowest BCUT2D eigenvalue weighted by molar-refractivity contribution is 0.137. The zero-order chi connectivity index (χ0) is 16.5. The average Bonchev–Trinajstić information content (AvgIpc) is 2.39. The Labute approximate surface area is 140 Å². The Hall–Kier alpha value is -0.470. The van der Waals surface area contributed by atoms with E-state index in [4.69, 9.17) is 0 Å².